The van der Waals surface area contributed by atoms with E-state index in [1.165, 1.54) is 4.90 Å². The predicted molar refractivity (Wildman–Crippen MR) is 162 cm³/mol. The molecule has 1 aromatic carbocycles. The Hall–Kier alpha value is -3.75. The van der Waals surface area contributed by atoms with E-state index in [9.17, 15) is 9.59 Å². The Labute approximate surface area is 246 Å². The van der Waals surface area contributed by atoms with Crippen molar-refractivity contribution in [1.82, 2.24) is 20.5 Å². The quantitative estimate of drug-likeness (QED) is 0.448. The molecule has 0 bridgehead atoms. The summed E-state index contributed by atoms with van der Waals surface area (Å²) < 4.78 is 5.46. The molecule has 3 heterocycles. The van der Waals surface area contributed by atoms with Crippen molar-refractivity contribution < 1.29 is 14.3 Å². The van der Waals surface area contributed by atoms with Crippen LogP contribution >= 0.6 is 11.6 Å². The molecule has 8 nitrogen and oxygen atoms in total. The lowest BCUT2D eigenvalue weighted by Gasteiger charge is -2.31. The molecule has 2 aromatic rings. The van der Waals surface area contributed by atoms with Crippen molar-refractivity contribution >= 4 is 34.8 Å². The Balaban J connectivity index is 1.47. The molecular weight excluding hydrogens is 538 g/mol. The van der Waals surface area contributed by atoms with Gasteiger partial charge in [-0.15, -0.1) is 0 Å². The van der Waals surface area contributed by atoms with Gasteiger partial charge in [-0.1, -0.05) is 55.3 Å². The fourth-order valence-electron chi connectivity index (χ4n) is 5.53. The fraction of sp³-hybridized carbons (Fsp3) is 0.375. The van der Waals surface area contributed by atoms with Crippen molar-refractivity contribution in [3.05, 3.63) is 83.4 Å². The molecular formula is C32H36ClN5O3. The zero-order valence-electron chi connectivity index (χ0n) is 23.4. The molecule has 1 saturated carbocycles. The number of pyridine rings is 1. The minimum atomic E-state index is -0.342. The van der Waals surface area contributed by atoms with Crippen LogP contribution in [0.3, 0.4) is 0 Å². The normalized spacial score (nSPS) is 20.4. The molecule has 214 valence electrons. The van der Waals surface area contributed by atoms with Gasteiger partial charge in [-0.2, -0.15) is 0 Å². The summed E-state index contributed by atoms with van der Waals surface area (Å²) in [5, 5.41) is 6.89. The molecule has 0 unspecified atom stereocenters. The molecule has 3 aliphatic rings. The molecule has 9 heteroatoms. The zero-order valence-corrected chi connectivity index (χ0v) is 24.1. The minimum absolute atomic E-state index is 0.138. The SMILES string of the molecule is C=C(/N=C1\C(=C/C)C=C(c2ccc(-c3cccnc3)cc2Cl)C(=O)N1CC(=O)NC1CCCC1)NC1CCOCC1. The zero-order chi connectivity index (χ0) is 28.8. The van der Waals surface area contributed by atoms with Crippen LogP contribution in [0, 0.1) is 0 Å². The number of benzene rings is 1. The fourth-order valence-corrected chi connectivity index (χ4v) is 5.81. The number of ether oxygens (including phenoxy) is 1. The Morgan fingerprint density at radius 2 is 1.90 bits per heavy atom. The lowest BCUT2D eigenvalue weighted by molar-refractivity contribution is -0.128. The van der Waals surface area contributed by atoms with E-state index in [1.807, 2.05) is 43.3 Å². The van der Waals surface area contributed by atoms with Gasteiger partial charge < -0.3 is 15.4 Å². The Morgan fingerprint density at radius 1 is 1.15 bits per heavy atom. The van der Waals surface area contributed by atoms with Gasteiger partial charge in [-0.05, 0) is 56.4 Å². The van der Waals surface area contributed by atoms with Crippen LogP contribution < -0.4 is 10.6 Å². The van der Waals surface area contributed by atoms with E-state index < -0.39 is 0 Å². The molecule has 0 spiro atoms. The number of carbonyl (C=O) groups excluding carboxylic acids is 2. The van der Waals surface area contributed by atoms with Gasteiger partial charge in [0.1, 0.15) is 18.2 Å². The summed E-state index contributed by atoms with van der Waals surface area (Å²) in [6.45, 7) is 7.20. The van der Waals surface area contributed by atoms with E-state index >= 15 is 0 Å². The van der Waals surface area contributed by atoms with Crippen molar-refractivity contribution in [2.75, 3.05) is 19.8 Å². The Bertz CT molecular complexity index is 1390. The molecule has 1 aromatic heterocycles. The maximum atomic E-state index is 14.1. The highest BCUT2D eigenvalue weighted by Crippen LogP contribution is 2.34. The number of carbonyl (C=O) groups is 2. The smallest absolute Gasteiger partial charge is 0.260 e. The van der Waals surface area contributed by atoms with Crippen molar-refractivity contribution in [2.24, 2.45) is 4.99 Å². The van der Waals surface area contributed by atoms with Gasteiger partial charge in [0.15, 0.2) is 0 Å². The number of aromatic nitrogens is 1. The Kier molecular flexibility index (Phi) is 9.31. The van der Waals surface area contributed by atoms with E-state index in [-0.39, 0.29) is 30.4 Å². The number of nitrogens with one attached hydrogen (secondary N) is 2. The van der Waals surface area contributed by atoms with Crippen molar-refractivity contribution in [3.8, 4) is 11.1 Å². The lowest BCUT2D eigenvalue weighted by Crippen LogP contribution is -2.48. The van der Waals surface area contributed by atoms with Gasteiger partial charge in [0, 0.05) is 65.0 Å². The maximum Gasteiger partial charge on any atom is 0.260 e. The number of nitrogens with zero attached hydrogens (tertiary/aromatic N) is 3. The standard InChI is InChI=1S/C32H36ClN5O3/c1-3-22-17-28(27-11-10-23(18-29(27)33)24-7-6-14-34-19-24)32(40)38(20-30(39)37-25-8-4-5-9-25)31(22)36-21(2)35-26-12-15-41-16-13-26/h3,6-7,10-11,14,17-19,25-26,35H,2,4-5,8-9,12-13,15-16,20H2,1H3,(H,37,39)/b22-3-,36-31+. The molecule has 1 saturated heterocycles. The first-order chi connectivity index (χ1) is 19.9. The maximum absolute atomic E-state index is 14.1. The number of aliphatic imine (C=N–C) groups is 1. The minimum Gasteiger partial charge on any atom is -0.381 e. The van der Waals surface area contributed by atoms with Crippen LogP contribution in [-0.2, 0) is 14.3 Å². The first-order valence-corrected chi connectivity index (χ1v) is 14.6. The van der Waals surface area contributed by atoms with Crippen molar-refractivity contribution in [1.29, 1.82) is 0 Å². The molecule has 2 aliphatic heterocycles. The highest BCUT2D eigenvalue weighted by molar-refractivity contribution is 6.38. The van der Waals surface area contributed by atoms with Crippen LogP contribution in [0.25, 0.3) is 16.7 Å². The van der Waals surface area contributed by atoms with Crippen LogP contribution in [-0.4, -0.2) is 59.4 Å². The largest absolute Gasteiger partial charge is 0.381 e. The summed E-state index contributed by atoms with van der Waals surface area (Å²) in [5.41, 5.74) is 3.51. The molecule has 5 rings (SSSR count). The van der Waals surface area contributed by atoms with Crippen LogP contribution in [0.5, 0.6) is 0 Å². The molecule has 2 amide bonds. The van der Waals surface area contributed by atoms with Gasteiger partial charge in [0.05, 0.1) is 0 Å². The molecule has 0 atom stereocenters. The summed E-state index contributed by atoms with van der Waals surface area (Å²) in [4.78, 5) is 37.6. The highest BCUT2D eigenvalue weighted by Gasteiger charge is 2.34. The number of amidine groups is 1. The summed E-state index contributed by atoms with van der Waals surface area (Å²) in [6, 6.07) is 9.74. The monoisotopic (exact) mass is 573 g/mol. The third-order valence-electron chi connectivity index (χ3n) is 7.71. The van der Waals surface area contributed by atoms with Crippen molar-refractivity contribution in [3.63, 3.8) is 0 Å². The Morgan fingerprint density at radius 3 is 2.59 bits per heavy atom. The van der Waals surface area contributed by atoms with E-state index in [2.05, 4.69) is 22.2 Å². The summed E-state index contributed by atoms with van der Waals surface area (Å²) in [7, 11) is 0. The number of rotatable bonds is 8. The van der Waals surface area contributed by atoms with Gasteiger partial charge >= 0.3 is 0 Å². The number of hydrogen-bond acceptors (Lipinski definition) is 6. The predicted octanol–water partition coefficient (Wildman–Crippen LogP) is 5.27. The average Bonchev–Trinajstić information content (AvgIpc) is 3.49. The number of hydrogen-bond donors (Lipinski definition) is 2. The topological polar surface area (TPSA) is 95.9 Å². The summed E-state index contributed by atoms with van der Waals surface area (Å²) in [6.07, 6.45) is 13.0. The molecule has 2 N–H and O–H groups in total. The number of amides is 2. The second-order valence-corrected chi connectivity index (χ2v) is 11.0. The van der Waals surface area contributed by atoms with E-state index in [4.69, 9.17) is 21.3 Å². The second-order valence-electron chi connectivity index (χ2n) is 10.6. The lowest BCUT2D eigenvalue weighted by atomic mass is 9.94. The highest BCUT2D eigenvalue weighted by atomic mass is 35.5. The number of allylic oxidation sites excluding steroid dienone is 1. The first-order valence-electron chi connectivity index (χ1n) is 14.2. The molecule has 1 aliphatic carbocycles. The third kappa shape index (κ3) is 6.94. The molecule has 41 heavy (non-hydrogen) atoms. The van der Waals surface area contributed by atoms with Gasteiger partial charge in [0.2, 0.25) is 5.91 Å². The van der Waals surface area contributed by atoms with Crippen molar-refractivity contribution in [2.45, 2.75) is 57.5 Å². The van der Waals surface area contributed by atoms with Crippen LogP contribution in [0.1, 0.15) is 51.0 Å². The van der Waals surface area contributed by atoms with Gasteiger partial charge in [-0.3, -0.25) is 19.5 Å². The summed E-state index contributed by atoms with van der Waals surface area (Å²) in [5.74, 6) is 0.271. The summed E-state index contributed by atoms with van der Waals surface area (Å²) >= 11 is 6.77. The van der Waals surface area contributed by atoms with Crippen LogP contribution in [0.2, 0.25) is 5.02 Å². The number of halogens is 1. The average molecular weight is 574 g/mol. The first kappa shape index (κ1) is 28.8. The second kappa shape index (κ2) is 13.3. The van der Waals surface area contributed by atoms with Gasteiger partial charge in [0.25, 0.3) is 5.91 Å². The molecule has 0 radical (unpaired) electrons. The van der Waals surface area contributed by atoms with Crippen LogP contribution in [0.4, 0.5) is 0 Å². The third-order valence-corrected chi connectivity index (χ3v) is 8.02. The van der Waals surface area contributed by atoms with Crippen LogP contribution in [0.15, 0.2) is 77.8 Å². The van der Waals surface area contributed by atoms with E-state index in [1.54, 1.807) is 18.5 Å². The molecule has 2 fully saturated rings. The van der Waals surface area contributed by atoms with E-state index in [0.717, 1.165) is 49.7 Å². The van der Waals surface area contributed by atoms with E-state index in [0.29, 0.717) is 46.6 Å². The van der Waals surface area contributed by atoms with Gasteiger partial charge in [-0.25, -0.2) is 4.99 Å².